The van der Waals surface area contributed by atoms with Gasteiger partial charge in [-0.1, -0.05) is 6.92 Å². The quantitative estimate of drug-likeness (QED) is 0.691. The van der Waals surface area contributed by atoms with Crippen LogP contribution in [0, 0.1) is 6.92 Å². The third-order valence-electron chi connectivity index (χ3n) is 4.27. The number of rotatable bonds is 4. The third kappa shape index (κ3) is 2.82. The second-order valence-corrected chi connectivity index (χ2v) is 5.92. The topological polar surface area (TPSA) is 88.5 Å². The number of piperazine rings is 1. The summed E-state index contributed by atoms with van der Waals surface area (Å²) in [6, 6.07) is 3.96. The molecule has 4 rings (SSSR count). The van der Waals surface area contributed by atoms with E-state index in [2.05, 4.69) is 35.3 Å². The zero-order chi connectivity index (χ0) is 16.5. The summed E-state index contributed by atoms with van der Waals surface area (Å²) in [7, 11) is 0. The number of aryl methyl sites for hydroxylation is 2. The van der Waals surface area contributed by atoms with Gasteiger partial charge in [-0.2, -0.15) is 4.52 Å². The van der Waals surface area contributed by atoms with E-state index in [0.29, 0.717) is 18.3 Å². The third-order valence-corrected chi connectivity index (χ3v) is 4.27. The molecule has 1 aliphatic rings. The monoisotopic (exact) mass is 328 g/mol. The highest BCUT2D eigenvalue weighted by Crippen LogP contribution is 2.16. The highest BCUT2D eigenvalue weighted by atomic mass is 16.4. The molecular formula is C15H20N8O. The lowest BCUT2D eigenvalue weighted by Crippen LogP contribution is -2.46. The van der Waals surface area contributed by atoms with E-state index in [1.165, 1.54) is 0 Å². The van der Waals surface area contributed by atoms with Crippen LogP contribution in [0.5, 0.6) is 0 Å². The number of fused-ring (bicyclic) bond motifs is 1. The van der Waals surface area contributed by atoms with Crippen molar-refractivity contribution in [3.05, 3.63) is 29.7 Å². The van der Waals surface area contributed by atoms with Gasteiger partial charge in [0.15, 0.2) is 11.5 Å². The fourth-order valence-electron chi connectivity index (χ4n) is 2.88. The number of anilines is 1. The molecule has 9 nitrogen and oxygen atoms in total. The molecular weight excluding hydrogens is 308 g/mol. The summed E-state index contributed by atoms with van der Waals surface area (Å²) in [5.74, 6) is 3.15. The molecule has 0 N–H and O–H groups in total. The molecule has 3 aromatic heterocycles. The lowest BCUT2D eigenvalue weighted by molar-refractivity contribution is 0.223. The molecule has 126 valence electrons. The maximum absolute atomic E-state index is 5.59. The van der Waals surface area contributed by atoms with Crippen molar-refractivity contribution < 1.29 is 4.42 Å². The van der Waals surface area contributed by atoms with Crippen LogP contribution in [-0.4, -0.2) is 61.1 Å². The highest BCUT2D eigenvalue weighted by Gasteiger charge is 2.20. The summed E-state index contributed by atoms with van der Waals surface area (Å²) >= 11 is 0. The minimum atomic E-state index is 0.694. The van der Waals surface area contributed by atoms with Crippen LogP contribution < -0.4 is 4.90 Å². The van der Waals surface area contributed by atoms with E-state index in [4.69, 9.17) is 4.42 Å². The number of aromatic nitrogens is 6. The zero-order valence-electron chi connectivity index (χ0n) is 13.9. The Bertz CT molecular complexity index is 833. The van der Waals surface area contributed by atoms with E-state index in [-0.39, 0.29) is 0 Å². The summed E-state index contributed by atoms with van der Waals surface area (Å²) in [5, 5.41) is 20.9. The second-order valence-electron chi connectivity index (χ2n) is 5.92. The average molecular weight is 328 g/mol. The van der Waals surface area contributed by atoms with E-state index >= 15 is 0 Å². The summed E-state index contributed by atoms with van der Waals surface area (Å²) in [6.45, 7) is 8.32. The van der Waals surface area contributed by atoms with Crippen molar-refractivity contribution >= 4 is 11.5 Å². The van der Waals surface area contributed by atoms with Crippen molar-refractivity contribution in [2.24, 2.45) is 0 Å². The number of nitrogens with zero attached hydrogens (tertiary/aromatic N) is 8. The van der Waals surface area contributed by atoms with Gasteiger partial charge in [-0.15, -0.1) is 25.5 Å². The summed E-state index contributed by atoms with van der Waals surface area (Å²) in [6.07, 6.45) is 0.775. The molecule has 24 heavy (non-hydrogen) atoms. The van der Waals surface area contributed by atoms with Crippen molar-refractivity contribution in [2.75, 3.05) is 31.1 Å². The molecule has 1 saturated heterocycles. The van der Waals surface area contributed by atoms with Gasteiger partial charge in [0, 0.05) is 32.6 Å². The highest BCUT2D eigenvalue weighted by molar-refractivity contribution is 5.46. The Kier molecular flexibility index (Phi) is 3.85. The fourth-order valence-corrected chi connectivity index (χ4v) is 2.88. The van der Waals surface area contributed by atoms with E-state index in [1.54, 1.807) is 4.52 Å². The predicted octanol–water partition coefficient (Wildman–Crippen LogP) is 0.700. The van der Waals surface area contributed by atoms with E-state index in [1.807, 2.05) is 26.0 Å². The Morgan fingerprint density at radius 2 is 1.79 bits per heavy atom. The van der Waals surface area contributed by atoms with Gasteiger partial charge in [0.2, 0.25) is 11.8 Å². The van der Waals surface area contributed by atoms with Gasteiger partial charge in [-0.25, -0.2) is 0 Å². The molecule has 9 heteroatoms. The van der Waals surface area contributed by atoms with Crippen molar-refractivity contribution in [2.45, 2.75) is 26.8 Å². The summed E-state index contributed by atoms with van der Waals surface area (Å²) in [5.41, 5.74) is 0.776. The largest absolute Gasteiger partial charge is 0.424 e. The standard InChI is InChI=1S/C15H20N8O/c1-3-14-18-19-15(24-14)10-21-6-8-22(9-7-21)13-5-4-12-17-16-11(2)23(12)20-13/h4-5H,3,6-10H2,1-2H3. The normalized spacial score (nSPS) is 16.2. The van der Waals surface area contributed by atoms with Crippen molar-refractivity contribution in [1.82, 2.24) is 34.9 Å². The minimum Gasteiger partial charge on any atom is -0.424 e. The molecule has 0 saturated carbocycles. The molecule has 0 radical (unpaired) electrons. The van der Waals surface area contributed by atoms with Gasteiger partial charge < -0.3 is 9.32 Å². The average Bonchev–Trinajstić information content (AvgIpc) is 3.22. The number of hydrogen-bond acceptors (Lipinski definition) is 8. The summed E-state index contributed by atoms with van der Waals surface area (Å²) in [4.78, 5) is 4.60. The second kappa shape index (κ2) is 6.16. The molecule has 0 bridgehead atoms. The smallest absolute Gasteiger partial charge is 0.230 e. The molecule has 0 amide bonds. The van der Waals surface area contributed by atoms with Crippen LogP contribution in [0.1, 0.15) is 24.5 Å². The fraction of sp³-hybridized carbons (Fsp3) is 0.533. The van der Waals surface area contributed by atoms with Crippen LogP contribution in [0.2, 0.25) is 0 Å². The first-order chi connectivity index (χ1) is 11.7. The molecule has 0 aromatic carbocycles. The van der Waals surface area contributed by atoms with E-state index in [0.717, 1.165) is 49.9 Å². The lowest BCUT2D eigenvalue weighted by atomic mass is 10.3. The molecule has 0 atom stereocenters. The molecule has 4 heterocycles. The van der Waals surface area contributed by atoms with E-state index < -0.39 is 0 Å². The summed E-state index contributed by atoms with van der Waals surface area (Å²) < 4.78 is 7.38. The minimum absolute atomic E-state index is 0.694. The molecule has 1 fully saturated rings. The first-order valence-corrected chi connectivity index (χ1v) is 8.20. The molecule has 3 aromatic rings. The van der Waals surface area contributed by atoms with E-state index in [9.17, 15) is 0 Å². The van der Waals surface area contributed by atoms with Gasteiger partial charge in [0.25, 0.3) is 0 Å². The Morgan fingerprint density at radius 3 is 2.54 bits per heavy atom. The maximum atomic E-state index is 5.59. The SMILES string of the molecule is CCc1nnc(CN2CCN(c3ccc4nnc(C)n4n3)CC2)o1. The van der Waals surface area contributed by atoms with Gasteiger partial charge in [0.1, 0.15) is 5.82 Å². The Labute approximate surface area is 139 Å². The van der Waals surface area contributed by atoms with Gasteiger partial charge in [0.05, 0.1) is 6.54 Å². The first-order valence-electron chi connectivity index (χ1n) is 8.20. The zero-order valence-corrected chi connectivity index (χ0v) is 13.9. The van der Waals surface area contributed by atoms with Gasteiger partial charge >= 0.3 is 0 Å². The van der Waals surface area contributed by atoms with Crippen LogP contribution in [0.4, 0.5) is 5.82 Å². The first kappa shape index (κ1) is 15.0. The lowest BCUT2D eigenvalue weighted by Gasteiger charge is -2.34. The van der Waals surface area contributed by atoms with Crippen LogP contribution in [0.3, 0.4) is 0 Å². The van der Waals surface area contributed by atoms with Crippen molar-refractivity contribution in [3.8, 4) is 0 Å². The molecule has 0 unspecified atom stereocenters. The molecule has 0 aliphatic carbocycles. The van der Waals surface area contributed by atoms with Gasteiger partial charge in [-0.05, 0) is 19.1 Å². The Balaban J connectivity index is 1.40. The molecule has 1 aliphatic heterocycles. The predicted molar refractivity (Wildman–Crippen MR) is 86.7 cm³/mol. The molecule has 0 spiro atoms. The van der Waals surface area contributed by atoms with Crippen LogP contribution >= 0.6 is 0 Å². The van der Waals surface area contributed by atoms with Crippen LogP contribution in [0.25, 0.3) is 5.65 Å². The van der Waals surface area contributed by atoms with Crippen LogP contribution in [0.15, 0.2) is 16.5 Å². The van der Waals surface area contributed by atoms with Crippen molar-refractivity contribution in [1.29, 1.82) is 0 Å². The Hall–Kier alpha value is -2.55. The van der Waals surface area contributed by atoms with Gasteiger partial charge in [-0.3, -0.25) is 4.90 Å². The number of hydrogen-bond donors (Lipinski definition) is 0. The van der Waals surface area contributed by atoms with Crippen molar-refractivity contribution in [3.63, 3.8) is 0 Å². The van der Waals surface area contributed by atoms with Crippen LogP contribution in [-0.2, 0) is 13.0 Å². The maximum Gasteiger partial charge on any atom is 0.230 e. The Morgan fingerprint density at radius 1 is 1.00 bits per heavy atom.